The Labute approximate surface area is 124 Å². The van der Waals surface area contributed by atoms with E-state index in [0.29, 0.717) is 15.9 Å². The molecule has 1 N–H and O–H groups in total. The molecule has 3 rings (SSSR count). The average Bonchev–Trinajstić information content (AvgIpc) is 2.48. The zero-order valence-corrected chi connectivity index (χ0v) is 11.5. The van der Waals surface area contributed by atoms with Gasteiger partial charge in [0.05, 0.1) is 5.52 Å². The summed E-state index contributed by atoms with van der Waals surface area (Å²) in [5.41, 5.74) is 0.547. The lowest BCUT2D eigenvalue weighted by molar-refractivity contribution is 0.0695. The SMILES string of the molecule is O=C(O)c1cn(-c2ccccc2)c2cc(Cl)ccc2c1=O. The van der Waals surface area contributed by atoms with Crippen LogP contribution in [0.3, 0.4) is 0 Å². The number of pyridine rings is 1. The minimum absolute atomic E-state index is 0.270. The number of para-hydroxylation sites is 1. The van der Waals surface area contributed by atoms with Crippen LogP contribution >= 0.6 is 11.6 Å². The van der Waals surface area contributed by atoms with Crippen LogP contribution in [0, 0.1) is 0 Å². The summed E-state index contributed by atoms with van der Waals surface area (Å²) in [7, 11) is 0. The number of fused-ring (bicyclic) bond motifs is 1. The monoisotopic (exact) mass is 299 g/mol. The van der Waals surface area contributed by atoms with E-state index in [2.05, 4.69) is 0 Å². The second-order valence-corrected chi connectivity index (χ2v) is 4.98. The summed E-state index contributed by atoms with van der Waals surface area (Å²) < 4.78 is 1.66. The number of hydrogen-bond acceptors (Lipinski definition) is 2. The lowest BCUT2D eigenvalue weighted by atomic mass is 10.1. The van der Waals surface area contributed by atoms with Crippen LogP contribution in [0.25, 0.3) is 16.6 Å². The number of aromatic nitrogens is 1. The molecule has 0 saturated carbocycles. The molecule has 0 unspecified atom stereocenters. The van der Waals surface area contributed by atoms with Gasteiger partial charge in [-0.3, -0.25) is 4.79 Å². The third-order valence-corrected chi connectivity index (χ3v) is 3.47. The van der Waals surface area contributed by atoms with Gasteiger partial charge in [-0.2, -0.15) is 0 Å². The summed E-state index contributed by atoms with van der Waals surface area (Å²) in [6.45, 7) is 0. The van der Waals surface area contributed by atoms with E-state index in [1.807, 2.05) is 30.3 Å². The Bertz CT molecular complexity index is 901. The van der Waals surface area contributed by atoms with Crippen molar-refractivity contribution >= 4 is 28.5 Å². The third-order valence-electron chi connectivity index (χ3n) is 3.23. The molecule has 4 nitrogen and oxygen atoms in total. The van der Waals surface area contributed by atoms with Crippen LogP contribution in [0.15, 0.2) is 59.5 Å². The second kappa shape index (κ2) is 5.07. The number of aromatic carboxylic acids is 1. The van der Waals surface area contributed by atoms with Crippen molar-refractivity contribution in [3.63, 3.8) is 0 Å². The summed E-state index contributed by atoms with van der Waals surface area (Å²) in [6.07, 6.45) is 1.33. The number of carboxylic acids is 1. The molecule has 3 aromatic rings. The quantitative estimate of drug-likeness (QED) is 0.789. The molecule has 0 aliphatic rings. The molecule has 0 aliphatic carbocycles. The van der Waals surface area contributed by atoms with Crippen molar-refractivity contribution in [1.29, 1.82) is 0 Å². The Morgan fingerprint density at radius 2 is 1.81 bits per heavy atom. The first-order chi connectivity index (χ1) is 10.1. The second-order valence-electron chi connectivity index (χ2n) is 4.54. The number of carbonyl (C=O) groups is 1. The highest BCUT2D eigenvalue weighted by Gasteiger charge is 2.15. The van der Waals surface area contributed by atoms with Crippen LogP contribution in [0.1, 0.15) is 10.4 Å². The average molecular weight is 300 g/mol. The fraction of sp³-hybridized carbons (Fsp3) is 0. The van der Waals surface area contributed by atoms with Gasteiger partial charge in [-0.05, 0) is 30.3 Å². The maximum absolute atomic E-state index is 12.2. The fourth-order valence-electron chi connectivity index (χ4n) is 2.25. The topological polar surface area (TPSA) is 59.3 Å². The van der Waals surface area contributed by atoms with Gasteiger partial charge in [0.25, 0.3) is 0 Å². The molecule has 0 aliphatic heterocycles. The Hall–Kier alpha value is -2.59. The Morgan fingerprint density at radius 3 is 2.48 bits per heavy atom. The van der Waals surface area contributed by atoms with Gasteiger partial charge in [-0.15, -0.1) is 0 Å². The van der Waals surface area contributed by atoms with Crippen molar-refractivity contribution in [2.75, 3.05) is 0 Å². The summed E-state index contributed by atoms with van der Waals surface area (Å²) in [5.74, 6) is -1.25. The highest BCUT2D eigenvalue weighted by molar-refractivity contribution is 6.31. The third kappa shape index (κ3) is 2.30. The fourth-order valence-corrected chi connectivity index (χ4v) is 2.42. The minimum atomic E-state index is -1.25. The number of carboxylic acid groups (broad SMARTS) is 1. The molecule has 5 heteroatoms. The number of nitrogens with zero attached hydrogens (tertiary/aromatic N) is 1. The molecule has 1 heterocycles. The molecule has 0 atom stereocenters. The molecule has 1 aromatic heterocycles. The van der Waals surface area contributed by atoms with Crippen LogP contribution in [0.5, 0.6) is 0 Å². The lowest BCUT2D eigenvalue weighted by Gasteiger charge is -2.12. The van der Waals surface area contributed by atoms with Crippen LogP contribution in [-0.2, 0) is 0 Å². The van der Waals surface area contributed by atoms with Gasteiger partial charge in [0.1, 0.15) is 5.56 Å². The first-order valence-corrected chi connectivity index (χ1v) is 6.59. The van der Waals surface area contributed by atoms with Crippen molar-refractivity contribution in [3.05, 3.63) is 75.5 Å². The molecule has 2 aromatic carbocycles. The van der Waals surface area contributed by atoms with Gasteiger partial charge in [0.2, 0.25) is 5.43 Å². The molecular weight excluding hydrogens is 290 g/mol. The van der Waals surface area contributed by atoms with E-state index in [9.17, 15) is 14.7 Å². The maximum Gasteiger partial charge on any atom is 0.341 e. The predicted molar refractivity (Wildman–Crippen MR) is 81.5 cm³/mol. The maximum atomic E-state index is 12.2. The van der Waals surface area contributed by atoms with E-state index in [1.165, 1.54) is 6.20 Å². The Kier molecular flexibility index (Phi) is 3.23. The minimum Gasteiger partial charge on any atom is -0.477 e. The van der Waals surface area contributed by atoms with Gasteiger partial charge >= 0.3 is 5.97 Å². The smallest absolute Gasteiger partial charge is 0.341 e. The van der Waals surface area contributed by atoms with E-state index >= 15 is 0 Å². The first-order valence-electron chi connectivity index (χ1n) is 6.21. The van der Waals surface area contributed by atoms with E-state index in [1.54, 1.807) is 22.8 Å². The van der Waals surface area contributed by atoms with Gasteiger partial charge in [0, 0.05) is 22.3 Å². The summed E-state index contributed by atoms with van der Waals surface area (Å²) >= 11 is 6.00. The standard InChI is InChI=1S/C16H10ClNO3/c17-10-6-7-12-14(8-10)18(11-4-2-1-3-5-11)9-13(15(12)19)16(20)21/h1-9H,(H,20,21). The molecule has 0 radical (unpaired) electrons. The van der Waals surface area contributed by atoms with Gasteiger partial charge in [-0.25, -0.2) is 4.79 Å². The van der Waals surface area contributed by atoms with Crippen molar-refractivity contribution in [2.45, 2.75) is 0 Å². The highest BCUT2D eigenvalue weighted by Crippen LogP contribution is 2.21. The zero-order chi connectivity index (χ0) is 15.0. The Balaban J connectivity index is 2.47. The molecule has 0 bridgehead atoms. The molecule has 104 valence electrons. The van der Waals surface area contributed by atoms with Gasteiger partial charge in [-0.1, -0.05) is 29.8 Å². The normalized spacial score (nSPS) is 10.7. The predicted octanol–water partition coefficient (Wildman–Crippen LogP) is 3.34. The number of hydrogen-bond donors (Lipinski definition) is 1. The van der Waals surface area contributed by atoms with E-state index in [4.69, 9.17) is 11.6 Å². The first kappa shape index (κ1) is 13.4. The zero-order valence-electron chi connectivity index (χ0n) is 10.8. The molecule has 0 saturated heterocycles. The molecule has 0 fully saturated rings. The van der Waals surface area contributed by atoms with E-state index < -0.39 is 11.4 Å². The number of benzene rings is 2. The van der Waals surface area contributed by atoms with Gasteiger partial charge in [0.15, 0.2) is 0 Å². The summed E-state index contributed by atoms with van der Waals surface area (Å²) in [6, 6.07) is 14.0. The Morgan fingerprint density at radius 1 is 1.10 bits per heavy atom. The van der Waals surface area contributed by atoms with E-state index in [0.717, 1.165) is 5.69 Å². The molecule has 0 amide bonds. The summed E-state index contributed by atoms with van der Waals surface area (Å²) in [4.78, 5) is 23.5. The van der Waals surface area contributed by atoms with Crippen molar-refractivity contribution in [2.24, 2.45) is 0 Å². The van der Waals surface area contributed by atoms with Crippen LogP contribution < -0.4 is 5.43 Å². The molecule has 0 spiro atoms. The van der Waals surface area contributed by atoms with E-state index in [-0.39, 0.29) is 5.56 Å². The van der Waals surface area contributed by atoms with Crippen LogP contribution in [-0.4, -0.2) is 15.6 Å². The van der Waals surface area contributed by atoms with Crippen molar-refractivity contribution < 1.29 is 9.90 Å². The van der Waals surface area contributed by atoms with Gasteiger partial charge < -0.3 is 9.67 Å². The largest absolute Gasteiger partial charge is 0.477 e. The molecule has 21 heavy (non-hydrogen) atoms. The number of halogens is 1. The van der Waals surface area contributed by atoms with Crippen LogP contribution in [0.4, 0.5) is 0 Å². The molecular formula is C16H10ClNO3. The van der Waals surface area contributed by atoms with Crippen molar-refractivity contribution in [3.8, 4) is 5.69 Å². The lowest BCUT2D eigenvalue weighted by Crippen LogP contribution is -2.18. The van der Waals surface area contributed by atoms with Crippen LogP contribution in [0.2, 0.25) is 5.02 Å². The highest BCUT2D eigenvalue weighted by atomic mass is 35.5. The summed E-state index contributed by atoms with van der Waals surface area (Å²) in [5, 5.41) is 10.0. The number of rotatable bonds is 2. The van der Waals surface area contributed by atoms with Crippen molar-refractivity contribution in [1.82, 2.24) is 4.57 Å².